The summed E-state index contributed by atoms with van der Waals surface area (Å²) in [5.74, 6) is 0.499. The molecule has 4 rings (SSSR count). The predicted octanol–water partition coefficient (Wildman–Crippen LogP) is 3.83. The number of aryl methyl sites for hydroxylation is 1. The number of nitrogens with zero attached hydrogens (tertiary/aromatic N) is 4. The number of hydrogen-bond donors (Lipinski definition) is 1. The highest BCUT2D eigenvalue weighted by Gasteiger charge is 2.42. The summed E-state index contributed by atoms with van der Waals surface area (Å²) in [5, 5.41) is 7.33. The van der Waals surface area contributed by atoms with Crippen LogP contribution in [-0.4, -0.2) is 25.7 Å². The van der Waals surface area contributed by atoms with Gasteiger partial charge in [0, 0.05) is 16.8 Å². The van der Waals surface area contributed by atoms with Gasteiger partial charge in [0.25, 0.3) is 0 Å². The summed E-state index contributed by atoms with van der Waals surface area (Å²) < 4.78 is 16.2. The molecule has 0 unspecified atom stereocenters. The van der Waals surface area contributed by atoms with Crippen LogP contribution < -0.4 is 5.32 Å². The van der Waals surface area contributed by atoms with E-state index in [9.17, 15) is 9.18 Å². The lowest BCUT2D eigenvalue weighted by Gasteiger charge is -2.15. The molecule has 138 valence electrons. The molecule has 1 N–H and O–H groups in total. The smallest absolute Gasteiger partial charge is 0.235 e. The highest BCUT2D eigenvalue weighted by atomic mass is 79.9. The Hall–Kier alpha value is -2.61. The van der Waals surface area contributed by atoms with Crippen LogP contribution in [0.4, 0.5) is 10.2 Å². The lowest BCUT2D eigenvalue weighted by molar-refractivity contribution is -0.119. The maximum absolute atomic E-state index is 13.9. The van der Waals surface area contributed by atoms with Gasteiger partial charge in [-0.25, -0.2) is 14.4 Å². The van der Waals surface area contributed by atoms with Crippen LogP contribution in [0.2, 0.25) is 0 Å². The van der Waals surface area contributed by atoms with E-state index in [-0.39, 0.29) is 11.7 Å². The molecular formula is C19H17BrFN5O. The van der Waals surface area contributed by atoms with E-state index in [1.165, 1.54) is 6.07 Å². The highest BCUT2D eigenvalue weighted by molar-refractivity contribution is 9.10. The molecule has 3 aromatic rings. The minimum atomic E-state index is -0.702. The lowest BCUT2D eigenvalue weighted by atomic mass is 9.88. The van der Waals surface area contributed by atoms with E-state index in [2.05, 4.69) is 36.3 Å². The van der Waals surface area contributed by atoms with Crippen LogP contribution in [-0.2, 0) is 16.8 Å². The highest BCUT2D eigenvalue weighted by Crippen LogP contribution is 2.40. The number of rotatable bonds is 3. The largest absolute Gasteiger partial charge is 0.310 e. The third kappa shape index (κ3) is 2.93. The van der Waals surface area contributed by atoms with Crippen molar-refractivity contribution in [1.82, 2.24) is 19.7 Å². The van der Waals surface area contributed by atoms with Crippen LogP contribution in [0.15, 0.2) is 34.9 Å². The summed E-state index contributed by atoms with van der Waals surface area (Å²) in [5.41, 5.74) is 2.01. The molecule has 0 fully saturated rings. The van der Waals surface area contributed by atoms with E-state index in [1.54, 1.807) is 22.9 Å². The molecule has 1 aliphatic heterocycles. The third-order valence-corrected chi connectivity index (χ3v) is 5.35. The van der Waals surface area contributed by atoms with Crippen LogP contribution in [0, 0.1) is 12.7 Å². The number of nitrogens with one attached hydrogen (secondary N) is 1. The van der Waals surface area contributed by atoms with Gasteiger partial charge in [0.05, 0.1) is 12.0 Å². The summed E-state index contributed by atoms with van der Waals surface area (Å²) in [7, 11) is 0. The van der Waals surface area contributed by atoms with Gasteiger partial charge >= 0.3 is 0 Å². The number of anilines is 1. The minimum Gasteiger partial charge on any atom is -0.310 e. The average molecular weight is 430 g/mol. The Morgan fingerprint density at radius 3 is 2.74 bits per heavy atom. The molecule has 1 aliphatic rings. The number of carbonyl (C=O) groups excluding carboxylic acids is 1. The Kier molecular flexibility index (Phi) is 4.10. The van der Waals surface area contributed by atoms with Gasteiger partial charge in [-0.05, 0) is 48.8 Å². The van der Waals surface area contributed by atoms with E-state index in [0.29, 0.717) is 34.0 Å². The molecule has 6 nitrogen and oxygen atoms in total. The number of benzene rings is 1. The van der Waals surface area contributed by atoms with Crippen LogP contribution >= 0.6 is 15.9 Å². The summed E-state index contributed by atoms with van der Waals surface area (Å²) in [6.45, 7) is 5.86. The first-order valence-corrected chi connectivity index (χ1v) is 9.24. The van der Waals surface area contributed by atoms with Crippen LogP contribution in [0.1, 0.15) is 30.7 Å². The normalized spacial score (nSPS) is 14.9. The van der Waals surface area contributed by atoms with Crippen molar-refractivity contribution in [3.8, 4) is 11.5 Å². The quantitative estimate of drug-likeness (QED) is 0.642. The molecule has 27 heavy (non-hydrogen) atoms. The number of hydrogen-bond acceptors (Lipinski definition) is 4. The fourth-order valence-corrected chi connectivity index (χ4v) is 3.99. The van der Waals surface area contributed by atoms with Crippen molar-refractivity contribution in [2.24, 2.45) is 0 Å². The molecule has 0 bridgehead atoms. The molecule has 0 saturated heterocycles. The molecule has 1 aromatic carbocycles. The molecule has 0 saturated carbocycles. The Morgan fingerprint density at radius 1 is 1.26 bits per heavy atom. The lowest BCUT2D eigenvalue weighted by Crippen LogP contribution is -2.27. The number of fused-ring (bicyclic) bond motifs is 1. The topological polar surface area (TPSA) is 72.7 Å². The molecular weight excluding hydrogens is 413 g/mol. The molecule has 3 heterocycles. The number of aromatic nitrogens is 4. The predicted molar refractivity (Wildman–Crippen MR) is 103 cm³/mol. The average Bonchev–Trinajstić information content (AvgIpc) is 3.07. The van der Waals surface area contributed by atoms with Gasteiger partial charge in [-0.15, -0.1) is 0 Å². The van der Waals surface area contributed by atoms with Gasteiger partial charge in [0.15, 0.2) is 5.82 Å². The Labute approximate surface area is 164 Å². The van der Waals surface area contributed by atoms with Crippen molar-refractivity contribution in [2.75, 3.05) is 5.32 Å². The second kappa shape index (κ2) is 6.23. The Bertz CT molecular complexity index is 1080. The second-order valence-corrected chi connectivity index (χ2v) is 7.81. The molecule has 0 atom stereocenters. The fourth-order valence-electron chi connectivity index (χ4n) is 3.14. The summed E-state index contributed by atoms with van der Waals surface area (Å²) in [6, 6.07) is 8.46. The van der Waals surface area contributed by atoms with Crippen LogP contribution in [0.3, 0.4) is 0 Å². The van der Waals surface area contributed by atoms with Crippen molar-refractivity contribution in [3.63, 3.8) is 0 Å². The second-order valence-electron chi connectivity index (χ2n) is 7.06. The molecule has 0 spiro atoms. The van der Waals surface area contributed by atoms with Gasteiger partial charge < -0.3 is 5.32 Å². The first kappa shape index (κ1) is 17.8. The third-order valence-electron chi connectivity index (χ3n) is 4.78. The van der Waals surface area contributed by atoms with Gasteiger partial charge in [-0.1, -0.05) is 18.2 Å². The molecule has 8 heteroatoms. The number of carbonyl (C=O) groups is 1. The zero-order chi connectivity index (χ0) is 19.3. The van der Waals surface area contributed by atoms with Gasteiger partial charge in [0.1, 0.15) is 21.9 Å². The van der Waals surface area contributed by atoms with E-state index in [1.807, 2.05) is 26.8 Å². The zero-order valence-electron chi connectivity index (χ0n) is 15.0. The molecule has 0 aliphatic carbocycles. The summed E-state index contributed by atoms with van der Waals surface area (Å²) >= 11 is 3.46. The molecule has 2 aromatic heterocycles. The van der Waals surface area contributed by atoms with E-state index in [4.69, 9.17) is 0 Å². The van der Waals surface area contributed by atoms with Gasteiger partial charge in [-0.3, -0.25) is 9.48 Å². The van der Waals surface area contributed by atoms with Crippen molar-refractivity contribution in [1.29, 1.82) is 0 Å². The molecule has 1 amide bonds. The standard InChI is InChI=1S/C19H17BrFN5O/c1-10-8-13(25-26(10)9-11-6-4-5-7-12(11)21)16-22-15(20)14-17(23-16)24-18(27)19(14,2)3/h4-8H,9H2,1-3H3,(H,22,23,24,27). The Morgan fingerprint density at radius 2 is 2.00 bits per heavy atom. The zero-order valence-corrected chi connectivity index (χ0v) is 16.6. The SMILES string of the molecule is Cc1cc(-c2nc(Br)c3c(n2)NC(=O)C3(C)C)nn1Cc1ccccc1F. The summed E-state index contributed by atoms with van der Waals surface area (Å²) in [6.07, 6.45) is 0. The maximum Gasteiger partial charge on any atom is 0.235 e. The van der Waals surface area contributed by atoms with Gasteiger partial charge in [0.2, 0.25) is 5.91 Å². The number of amides is 1. The van der Waals surface area contributed by atoms with Crippen LogP contribution in [0.25, 0.3) is 11.5 Å². The fraction of sp³-hybridized carbons (Fsp3) is 0.263. The van der Waals surface area contributed by atoms with E-state index in [0.717, 1.165) is 11.3 Å². The monoisotopic (exact) mass is 429 g/mol. The van der Waals surface area contributed by atoms with Crippen molar-refractivity contribution in [2.45, 2.75) is 32.7 Å². The van der Waals surface area contributed by atoms with E-state index >= 15 is 0 Å². The van der Waals surface area contributed by atoms with Gasteiger partial charge in [-0.2, -0.15) is 5.10 Å². The number of halogens is 2. The maximum atomic E-state index is 13.9. The first-order chi connectivity index (χ1) is 12.8. The van der Waals surface area contributed by atoms with E-state index < -0.39 is 5.41 Å². The minimum absolute atomic E-state index is 0.120. The van der Waals surface area contributed by atoms with Crippen molar-refractivity contribution < 1.29 is 9.18 Å². The summed E-state index contributed by atoms with van der Waals surface area (Å²) in [4.78, 5) is 21.2. The van der Waals surface area contributed by atoms with Crippen LogP contribution in [0.5, 0.6) is 0 Å². The first-order valence-electron chi connectivity index (χ1n) is 8.45. The molecule has 0 radical (unpaired) electrons. The Balaban J connectivity index is 1.72. The van der Waals surface area contributed by atoms with Crippen molar-refractivity contribution in [3.05, 3.63) is 57.6 Å². The van der Waals surface area contributed by atoms with Crippen molar-refractivity contribution >= 4 is 27.7 Å².